The Kier molecular flexibility index (Phi) is 8.15. The van der Waals surface area contributed by atoms with E-state index in [4.69, 9.17) is 28.5 Å². The predicted molar refractivity (Wildman–Crippen MR) is 98.9 cm³/mol. The SMILES string of the molecule is O=C(O)C(F)(F)F.c1coc(CN2CCO[C@H]3[C@H](OCC4CCOCC4)CC[C@@H]32)c1. The molecule has 10 heteroatoms. The second-order valence-electron chi connectivity index (χ2n) is 7.76. The Morgan fingerprint density at radius 3 is 2.57 bits per heavy atom. The van der Waals surface area contributed by atoms with Crippen molar-refractivity contribution in [2.75, 3.05) is 33.0 Å². The van der Waals surface area contributed by atoms with E-state index in [2.05, 4.69) is 11.0 Å². The van der Waals surface area contributed by atoms with Gasteiger partial charge in [0.2, 0.25) is 0 Å². The molecule has 4 rings (SSSR count). The Morgan fingerprint density at radius 1 is 1.20 bits per heavy atom. The van der Waals surface area contributed by atoms with Crippen molar-refractivity contribution < 1.29 is 41.7 Å². The van der Waals surface area contributed by atoms with Crippen LogP contribution in [0.2, 0.25) is 0 Å². The van der Waals surface area contributed by atoms with Crippen LogP contribution in [-0.2, 0) is 25.5 Å². The van der Waals surface area contributed by atoms with E-state index in [-0.39, 0.29) is 12.2 Å². The summed E-state index contributed by atoms with van der Waals surface area (Å²) in [5.74, 6) is -1.06. The zero-order valence-electron chi connectivity index (χ0n) is 16.7. The van der Waals surface area contributed by atoms with Gasteiger partial charge in [-0.05, 0) is 43.7 Å². The molecule has 1 N–H and O–H groups in total. The molecular weight excluding hydrogens is 407 g/mol. The monoisotopic (exact) mass is 435 g/mol. The molecular formula is C20H28F3NO6. The standard InChI is InChI=1S/C18H27NO4.C2HF3O2/c1-2-15(21-8-1)12-19-7-11-22-18-16(19)3-4-17(18)23-13-14-5-9-20-10-6-14;3-2(4,5)1(6)7/h1-2,8,14,16-18H,3-7,9-13H2;(H,6,7)/t16-,17+,18+;/m0./s1. The van der Waals surface area contributed by atoms with Crippen molar-refractivity contribution in [3.63, 3.8) is 0 Å². The summed E-state index contributed by atoms with van der Waals surface area (Å²) in [6.07, 6.45) is 1.66. The molecule has 1 aliphatic carbocycles. The highest BCUT2D eigenvalue weighted by Crippen LogP contribution is 2.33. The number of furan rings is 1. The number of carboxylic acids is 1. The van der Waals surface area contributed by atoms with E-state index in [9.17, 15) is 13.2 Å². The highest BCUT2D eigenvalue weighted by atomic mass is 19.4. The Morgan fingerprint density at radius 2 is 1.93 bits per heavy atom. The quantitative estimate of drug-likeness (QED) is 0.761. The van der Waals surface area contributed by atoms with Crippen molar-refractivity contribution in [3.05, 3.63) is 24.2 Å². The lowest BCUT2D eigenvalue weighted by atomic mass is 10.0. The third-order valence-corrected chi connectivity index (χ3v) is 5.72. The Bertz CT molecular complexity index is 647. The van der Waals surface area contributed by atoms with Gasteiger partial charge in [0.1, 0.15) is 5.76 Å². The van der Waals surface area contributed by atoms with Gasteiger partial charge in [-0.15, -0.1) is 0 Å². The molecule has 0 bridgehead atoms. The van der Waals surface area contributed by atoms with E-state index in [0.717, 1.165) is 71.0 Å². The van der Waals surface area contributed by atoms with Gasteiger partial charge in [0.05, 0.1) is 38.2 Å². The summed E-state index contributed by atoms with van der Waals surface area (Å²) >= 11 is 0. The third kappa shape index (κ3) is 6.44. The largest absolute Gasteiger partial charge is 0.490 e. The molecule has 170 valence electrons. The van der Waals surface area contributed by atoms with Gasteiger partial charge in [0, 0.05) is 25.8 Å². The molecule has 1 saturated carbocycles. The first-order chi connectivity index (χ1) is 14.3. The summed E-state index contributed by atoms with van der Waals surface area (Å²) in [5.41, 5.74) is 0. The van der Waals surface area contributed by atoms with Crippen molar-refractivity contribution >= 4 is 5.97 Å². The van der Waals surface area contributed by atoms with Gasteiger partial charge >= 0.3 is 12.1 Å². The number of ether oxygens (including phenoxy) is 3. The highest BCUT2D eigenvalue weighted by molar-refractivity contribution is 5.73. The van der Waals surface area contributed by atoms with Crippen LogP contribution in [-0.4, -0.2) is 73.4 Å². The Labute approximate surface area is 173 Å². The van der Waals surface area contributed by atoms with Crippen LogP contribution in [0.1, 0.15) is 31.4 Å². The van der Waals surface area contributed by atoms with Gasteiger partial charge in [0.25, 0.3) is 0 Å². The van der Waals surface area contributed by atoms with Crippen LogP contribution in [0.3, 0.4) is 0 Å². The number of fused-ring (bicyclic) bond motifs is 1. The molecule has 3 atom stereocenters. The van der Waals surface area contributed by atoms with Gasteiger partial charge in [-0.3, -0.25) is 4.90 Å². The van der Waals surface area contributed by atoms with Gasteiger partial charge < -0.3 is 23.7 Å². The first-order valence-corrected chi connectivity index (χ1v) is 10.2. The summed E-state index contributed by atoms with van der Waals surface area (Å²) in [5, 5.41) is 7.12. The van der Waals surface area contributed by atoms with Crippen molar-refractivity contribution in [1.29, 1.82) is 0 Å². The van der Waals surface area contributed by atoms with Crippen LogP contribution in [0.5, 0.6) is 0 Å². The van der Waals surface area contributed by atoms with Crippen molar-refractivity contribution in [3.8, 4) is 0 Å². The van der Waals surface area contributed by atoms with E-state index < -0.39 is 12.1 Å². The number of morpholine rings is 1. The zero-order valence-corrected chi connectivity index (χ0v) is 16.7. The summed E-state index contributed by atoms with van der Waals surface area (Å²) in [6, 6.07) is 4.48. The topological polar surface area (TPSA) is 81.4 Å². The number of halogens is 3. The number of carboxylic acid groups (broad SMARTS) is 1. The van der Waals surface area contributed by atoms with E-state index in [1.165, 1.54) is 0 Å². The number of hydrogen-bond donors (Lipinski definition) is 1. The van der Waals surface area contributed by atoms with Crippen LogP contribution < -0.4 is 0 Å². The number of hydrogen-bond acceptors (Lipinski definition) is 6. The molecule has 0 spiro atoms. The predicted octanol–water partition coefficient (Wildman–Crippen LogP) is 3.09. The summed E-state index contributed by atoms with van der Waals surface area (Å²) < 4.78 is 55.0. The Hall–Kier alpha value is -1.62. The molecule has 1 aromatic heterocycles. The van der Waals surface area contributed by atoms with Gasteiger partial charge in [-0.1, -0.05) is 0 Å². The van der Waals surface area contributed by atoms with Gasteiger partial charge in [-0.25, -0.2) is 4.79 Å². The molecule has 0 radical (unpaired) electrons. The average Bonchev–Trinajstić information content (AvgIpc) is 3.37. The summed E-state index contributed by atoms with van der Waals surface area (Å²) in [7, 11) is 0. The third-order valence-electron chi connectivity index (χ3n) is 5.72. The second-order valence-corrected chi connectivity index (χ2v) is 7.76. The molecule has 0 unspecified atom stereocenters. The van der Waals surface area contributed by atoms with Crippen molar-refractivity contribution in [1.82, 2.24) is 4.90 Å². The van der Waals surface area contributed by atoms with Crippen LogP contribution in [0.4, 0.5) is 13.2 Å². The van der Waals surface area contributed by atoms with E-state index in [0.29, 0.717) is 12.0 Å². The maximum absolute atomic E-state index is 10.6. The van der Waals surface area contributed by atoms with Gasteiger partial charge in [0.15, 0.2) is 0 Å². The highest BCUT2D eigenvalue weighted by Gasteiger charge is 2.43. The van der Waals surface area contributed by atoms with E-state index in [1.54, 1.807) is 6.26 Å². The van der Waals surface area contributed by atoms with Crippen molar-refractivity contribution in [2.24, 2.45) is 5.92 Å². The second kappa shape index (κ2) is 10.6. The molecule has 0 amide bonds. The number of rotatable bonds is 5. The molecule has 2 saturated heterocycles. The zero-order chi connectivity index (χ0) is 21.6. The Balaban J connectivity index is 0.000000318. The number of aliphatic carboxylic acids is 1. The lowest BCUT2D eigenvalue weighted by Gasteiger charge is -2.38. The maximum atomic E-state index is 10.6. The lowest BCUT2D eigenvalue weighted by Crippen LogP contribution is -2.51. The van der Waals surface area contributed by atoms with Crippen LogP contribution >= 0.6 is 0 Å². The lowest BCUT2D eigenvalue weighted by molar-refractivity contribution is -0.192. The van der Waals surface area contributed by atoms with Crippen LogP contribution in [0.25, 0.3) is 0 Å². The maximum Gasteiger partial charge on any atom is 0.490 e. The smallest absolute Gasteiger partial charge is 0.475 e. The van der Waals surface area contributed by atoms with Gasteiger partial charge in [-0.2, -0.15) is 13.2 Å². The first-order valence-electron chi connectivity index (χ1n) is 10.2. The molecule has 2 aliphatic heterocycles. The number of carbonyl (C=O) groups is 1. The van der Waals surface area contributed by atoms with Crippen molar-refractivity contribution in [2.45, 2.75) is 56.7 Å². The molecule has 3 aliphatic rings. The molecule has 30 heavy (non-hydrogen) atoms. The molecule has 7 nitrogen and oxygen atoms in total. The molecule has 0 aromatic carbocycles. The fraction of sp³-hybridized carbons (Fsp3) is 0.750. The summed E-state index contributed by atoms with van der Waals surface area (Å²) in [4.78, 5) is 11.4. The number of alkyl halides is 3. The van der Waals surface area contributed by atoms with Crippen LogP contribution in [0, 0.1) is 5.92 Å². The fourth-order valence-corrected chi connectivity index (χ4v) is 4.14. The first kappa shape index (κ1) is 23.1. The summed E-state index contributed by atoms with van der Waals surface area (Å²) in [6.45, 7) is 5.28. The van der Waals surface area contributed by atoms with Crippen LogP contribution in [0.15, 0.2) is 22.8 Å². The minimum absolute atomic E-state index is 0.221. The van der Waals surface area contributed by atoms with E-state index >= 15 is 0 Å². The number of nitrogens with zero attached hydrogens (tertiary/aromatic N) is 1. The normalized spacial score (nSPS) is 27.9. The molecule has 3 heterocycles. The minimum atomic E-state index is -5.08. The fourth-order valence-electron chi connectivity index (χ4n) is 4.14. The van der Waals surface area contributed by atoms with E-state index in [1.807, 2.05) is 6.07 Å². The average molecular weight is 435 g/mol. The molecule has 1 aromatic rings. The minimum Gasteiger partial charge on any atom is -0.475 e. The molecule has 3 fully saturated rings.